The lowest BCUT2D eigenvalue weighted by atomic mass is 9.97. The SMILES string of the molecule is CC1(C)CN=C(Nc2cc(Cl)ccc2Br)SC1. The molecule has 0 unspecified atom stereocenters. The fourth-order valence-electron chi connectivity index (χ4n) is 1.42. The average Bonchev–Trinajstić information content (AvgIpc) is 2.26. The lowest BCUT2D eigenvalue weighted by Crippen LogP contribution is -2.27. The molecule has 1 aromatic carbocycles. The van der Waals surface area contributed by atoms with Gasteiger partial charge in [-0.2, -0.15) is 0 Å². The highest BCUT2D eigenvalue weighted by atomic mass is 79.9. The molecule has 1 aromatic rings. The number of hydrogen-bond donors (Lipinski definition) is 1. The zero-order valence-corrected chi connectivity index (χ0v) is 12.9. The van der Waals surface area contributed by atoms with Gasteiger partial charge in [0, 0.05) is 21.8 Å². The van der Waals surface area contributed by atoms with E-state index in [9.17, 15) is 0 Å². The molecular formula is C12H14BrClN2S. The molecule has 0 radical (unpaired) electrons. The van der Waals surface area contributed by atoms with E-state index in [1.54, 1.807) is 11.8 Å². The topological polar surface area (TPSA) is 24.4 Å². The molecule has 0 saturated carbocycles. The molecule has 17 heavy (non-hydrogen) atoms. The van der Waals surface area contributed by atoms with E-state index in [1.807, 2.05) is 18.2 Å². The minimum atomic E-state index is 0.293. The second-order valence-corrected chi connectivity index (χ2v) is 7.08. The molecule has 0 fully saturated rings. The molecule has 0 atom stereocenters. The molecule has 5 heteroatoms. The van der Waals surface area contributed by atoms with E-state index in [-0.39, 0.29) is 0 Å². The smallest absolute Gasteiger partial charge is 0.161 e. The summed E-state index contributed by atoms with van der Waals surface area (Å²) in [5.74, 6) is 1.08. The van der Waals surface area contributed by atoms with Gasteiger partial charge in [0.15, 0.2) is 5.17 Å². The maximum absolute atomic E-state index is 5.97. The van der Waals surface area contributed by atoms with Gasteiger partial charge in [-0.1, -0.05) is 37.2 Å². The first-order valence-corrected chi connectivity index (χ1v) is 7.51. The Labute approximate surface area is 119 Å². The zero-order valence-electron chi connectivity index (χ0n) is 9.76. The number of nitrogens with one attached hydrogen (secondary N) is 1. The van der Waals surface area contributed by atoms with Gasteiger partial charge in [0.05, 0.1) is 5.69 Å². The van der Waals surface area contributed by atoms with Crippen LogP contribution >= 0.6 is 39.3 Å². The second-order valence-electron chi connectivity index (χ2n) is 4.82. The minimum Gasteiger partial charge on any atom is -0.334 e. The molecule has 2 nitrogen and oxygen atoms in total. The Morgan fingerprint density at radius 3 is 2.88 bits per heavy atom. The first-order chi connectivity index (χ1) is 7.96. The number of benzene rings is 1. The summed E-state index contributed by atoms with van der Waals surface area (Å²) in [5.41, 5.74) is 1.25. The molecule has 0 aliphatic carbocycles. The Balaban J connectivity index is 2.12. The number of rotatable bonds is 1. The average molecular weight is 334 g/mol. The maximum atomic E-state index is 5.97. The third kappa shape index (κ3) is 3.63. The lowest BCUT2D eigenvalue weighted by Gasteiger charge is -2.27. The van der Waals surface area contributed by atoms with E-state index in [0.717, 1.165) is 32.6 Å². The van der Waals surface area contributed by atoms with Gasteiger partial charge in [0.1, 0.15) is 0 Å². The van der Waals surface area contributed by atoms with Gasteiger partial charge in [-0.05, 0) is 39.5 Å². The number of thioether (sulfide) groups is 1. The summed E-state index contributed by atoms with van der Waals surface area (Å²) in [7, 11) is 0. The standard InChI is InChI=1S/C12H14BrClN2S/c1-12(2)6-15-11(17-7-12)16-10-5-8(14)3-4-9(10)13/h3-5H,6-7H2,1-2H3,(H,15,16). The van der Waals surface area contributed by atoms with Gasteiger partial charge in [0.2, 0.25) is 0 Å². The van der Waals surface area contributed by atoms with Crippen LogP contribution in [-0.2, 0) is 0 Å². The number of halogens is 2. The molecule has 1 aliphatic heterocycles. The Morgan fingerprint density at radius 2 is 2.24 bits per heavy atom. The largest absolute Gasteiger partial charge is 0.334 e. The first kappa shape index (κ1) is 13.2. The summed E-state index contributed by atoms with van der Waals surface area (Å²) in [6, 6.07) is 5.69. The van der Waals surface area contributed by atoms with Gasteiger partial charge >= 0.3 is 0 Å². The highest BCUT2D eigenvalue weighted by Crippen LogP contribution is 2.31. The third-order valence-corrected chi connectivity index (χ3v) is 4.78. The molecule has 92 valence electrons. The van der Waals surface area contributed by atoms with Crippen molar-refractivity contribution in [2.75, 3.05) is 17.6 Å². The van der Waals surface area contributed by atoms with Crippen LogP contribution in [0.25, 0.3) is 0 Å². The van der Waals surface area contributed by atoms with Crippen LogP contribution in [-0.4, -0.2) is 17.5 Å². The van der Waals surface area contributed by atoms with Crippen LogP contribution in [0, 0.1) is 5.41 Å². The highest BCUT2D eigenvalue weighted by Gasteiger charge is 2.23. The summed E-state index contributed by atoms with van der Waals surface area (Å²) in [6.45, 7) is 5.33. The van der Waals surface area contributed by atoms with Crippen molar-refractivity contribution >= 4 is 50.1 Å². The molecule has 2 rings (SSSR count). The van der Waals surface area contributed by atoms with E-state index in [0.29, 0.717) is 5.41 Å². The summed E-state index contributed by atoms with van der Waals surface area (Å²) in [6.07, 6.45) is 0. The van der Waals surface area contributed by atoms with Crippen LogP contribution < -0.4 is 5.32 Å². The Morgan fingerprint density at radius 1 is 1.47 bits per heavy atom. The third-order valence-electron chi connectivity index (χ3n) is 2.42. The number of hydrogen-bond acceptors (Lipinski definition) is 3. The molecule has 0 amide bonds. The number of amidine groups is 1. The van der Waals surface area contributed by atoms with Gasteiger partial charge in [-0.3, -0.25) is 4.99 Å². The Bertz CT molecular complexity index is 460. The molecule has 1 N–H and O–H groups in total. The predicted molar refractivity (Wildman–Crippen MR) is 81.3 cm³/mol. The lowest BCUT2D eigenvalue weighted by molar-refractivity contribution is 0.438. The van der Waals surface area contributed by atoms with Crippen LogP contribution in [0.5, 0.6) is 0 Å². The van der Waals surface area contributed by atoms with Gasteiger partial charge < -0.3 is 5.32 Å². The predicted octanol–water partition coefficient (Wildman–Crippen LogP) is 4.64. The van der Waals surface area contributed by atoms with Gasteiger partial charge in [-0.25, -0.2) is 0 Å². The number of aliphatic imine (C=N–C) groups is 1. The Kier molecular flexibility index (Phi) is 4.06. The first-order valence-electron chi connectivity index (χ1n) is 5.36. The normalized spacial score (nSPS) is 18.7. The van der Waals surface area contributed by atoms with Gasteiger partial charge in [-0.15, -0.1) is 0 Å². The van der Waals surface area contributed by atoms with Crippen molar-refractivity contribution in [3.8, 4) is 0 Å². The monoisotopic (exact) mass is 332 g/mol. The van der Waals surface area contributed by atoms with Crippen LogP contribution in [0.3, 0.4) is 0 Å². The number of anilines is 1. The molecule has 0 saturated heterocycles. The van der Waals surface area contributed by atoms with Crippen LogP contribution in [0.1, 0.15) is 13.8 Å². The summed E-state index contributed by atoms with van der Waals surface area (Å²) >= 11 is 11.2. The van der Waals surface area contributed by atoms with E-state index in [1.165, 1.54) is 0 Å². The van der Waals surface area contributed by atoms with E-state index < -0.39 is 0 Å². The van der Waals surface area contributed by atoms with Crippen molar-refractivity contribution in [2.24, 2.45) is 10.4 Å². The zero-order chi connectivity index (χ0) is 12.5. The highest BCUT2D eigenvalue weighted by molar-refractivity contribution is 9.10. The van der Waals surface area contributed by atoms with Crippen molar-refractivity contribution in [3.63, 3.8) is 0 Å². The molecule has 1 heterocycles. The molecular weight excluding hydrogens is 320 g/mol. The van der Waals surface area contributed by atoms with Crippen molar-refractivity contribution in [2.45, 2.75) is 13.8 Å². The second kappa shape index (κ2) is 5.21. The maximum Gasteiger partial charge on any atom is 0.161 e. The van der Waals surface area contributed by atoms with Crippen molar-refractivity contribution < 1.29 is 0 Å². The van der Waals surface area contributed by atoms with Crippen molar-refractivity contribution in [3.05, 3.63) is 27.7 Å². The molecule has 0 bridgehead atoms. The summed E-state index contributed by atoms with van der Waals surface area (Å²) in [5, 5.41) is 4.99. The van der Waals surface area contributed by atoms with Crippen molar-refractivity contribution in [1.82, 2.24) is 0 Å². The van der Waals surface area contributed by atoms with Gasteiger partial charge in [0.25, 0.3) is 0 Å². The minimum absolute atomic E-state index is 0.293. The van der Waals surface area contributed by atoms with E-state index in [2.05, 4.69) is 40.1 Å². The van der Waals surface area contributed by atoms with Crippen LogP contribution in [0.4, 0.5) is 5.69 Å². The van der Waals surface area contributed by atoms with Crippen molar-refractivity contribution in [1.29, 1.82) is 0 Å². The molecule has 0 aromatic heterocycles. The van der Waals surface area contributed by atoms with E-state index >= 15 is 0 Å². The fraction of sp³-hybridized carbons (Fsp3) is 0.417. The summed E-state index contributed by atoms with van der Waals surface area (Å²) < 4.78 is 0.995. The fourth-order valence-corrected chi connectivity index (χ4v) is 2.90. The summed E-state index contributed by atoms with van der Waals surface area (Å²) in [4.78, 5) is 4.55. The quantitative estimate of drug-likeness (QED) is 0.809. The molecule has 0 spiro atoms. The van der Waals surface area contributed by atoms with Crippen LogP contribution in [0.2, 0.25) is 5.02 Å². The number of nitrogens with zero attached hydrogens (tertiary/aromatic N) is 1. The van der Waals surface area contributed by atoms with Crippen LogP contribution in [0.15, 0.2) is 27.7 Å². The van der Waals surface area contributed by atoms with E-state index in [4.69, 9.17) is 11.6 Å². The Hall–Kier alpha value is -0.190. The molecule has 1 aliphatic rings.